The number of fused-ring (bicyclic) bond motifs is 1. The number of esters is 1. The van der Waals surface area contributed by atoms with Crippen LogP contribution in [0, 0.1) is 0 Å². The fourth-order valence-electron chi connectivity index (χ4n) is 2.24. The minimum Gasteiger partial charge on any atom is -0.456 e. The predicted molar refractivity (Wildman–Crippen MR) is 71.7 cm³/mol. The van der Waals surface area contributed by atoms with Crippen LogP contribution in [0.1, 0.15) is 55.2 Å². The predicted octanol–water partition coefficient (Wildman–Crippen LogP) is 2.85. The van der Waals surface area contributed by atoms with E-state index in [4.69, 9.17) is 4.74 Å². The zero-order valence-corrected chi connectivity index (χ0v) is 11.5. The summed E-state index contributed by atoms with van der Waals surface area (Å²) in [5.74, 6) is -0.239. The van der Waals surface area contributed by atoms with Gasteiger partial charge in [-0.3, -0.25) is 0 Å². The summed E-state index contributed by atoms with van der Waals surface area (Å²) in [6.45, 7) is 8.76. The largest absolute Gasteiger partial charge is 0.456 e. The maximum Gasteiger partial charge on any atom is 0.338 e. The summed E-state index contributed by atoms with van der Waals surface area (Å²) in [7, 11) is 0. The average Bonchev–Trinajstić information content (AvgIpc) is 2.26. The van der Waals surface area contributed by atoms with Crippen LogP contribution in [0.25, 0.3) is 0 Å². The van der Waals surface area contributed by atoms with E-state index in [-0.39, 0.29) is 5.97 Å². The van der Waals surface area contributed by atoms with Crippen molar-refractivity contribution in [3.8, 4) is 0 Å². The molecule has 1 aliphatic heterocycles. The molecule has 3 heteroatoms. The Morgan fingerprint density at radius 1 is 1.39 bits per heavy atom. The van der Waals surface area contributed by atoms with Crippen LogP contribution in [0.5, 0.6) is 0 Å². The van der Waals surface area contributed by atoms with Crippen molar-refractivity contribution in [3.05, 3.63) is 34.9 Å². The van der Waals surface area contributed by atoms with Gasteiger partial charge in [-0.25, -0.2) is 4.79 Å². The molecule has 2 rings (SSSR count). The van der Waals surface area contributed by atoms with E-state index in [0.717, 1.165) is 13.0 Å². The van der Waals surface area contributed by atoms with Crippen LogP contribution in [0.15, 0.2) is 18.2 Å². The van der Waals surface area contributed by atoms with Gasteiger partial charge in [-0.1, -0.05) is 6.07 Å². The van der Waals surface area contributed by atoms with Gasteiger partial charge >= 0.3 is 5.97 Å². The van der Waals surface area contributed by atoms with E-state index in [1.807, 2.05) is 39.0 Å². The topological polar surface area (TPSA) is 38.3 Å². The summed E-state index contributed by atoms with van der Waals surface area (Å²) in [6, 6.07) is 6.23. The summed E-state index contributed by atoms with van der Waals surface area (Å²) in [5.41, 5.74) is 2.75. The number of carbonyl (C=O) groups is 1. The molecule has 98 valence electrons. The molecule has 18 heavy (non-hydrogen) atoms. The van der Waals surface area contributed by atoms with Crippen LogP contribution >= 0.6 is 0 Å². The van der Waals surface area contributed by atoms with E-state index in [1.54, 1.807) is 0 Å². The number of ether oxygens (including phenoxy) is 1. The van der Waals surface area contributed by atoms with Crippen LogP contribution in [0.4, 0.5) is 0 Å². The first-order chi connectivity index (χ1) is 8.37. The lowest BCUT2D eigenvalue weighted by molar-refractivity contribution is 0.00693. The van der Waals surface area contributed by atoms with Crippen LogP contribution in [0.3, 0.4) is 0 Å². The molecule has 0 aliphatic carbocycles. The van der Waals surface area contributed by atoms with Crippen LogP contribution < -0.4 is 5.32 Å². The molecule has 1 unspecified atom stereocenters. The average molecular weight is 247 g/mol. The van der Waals surface area contributed by atoms with Gasteiger partial charge in [0.2, 0.25) is 0 Å². The molecule has 1 aliphatic rings. The first-order valence-corrected chi connectivity index (χ1v) is 6.46. The summed E-state index contributed by atoms with van der Waals surface area (Å²) in [4.78, 5) is 12.0. The van der Waals surface area contributed by atoms with Crippen molar-refractivity contribution in [2.24, 2.45) is 0 Å². The second kappa shape index (κ2) is 4.73. The van der Waals surface area contributed by atoms with Crippen molar-refractivity contribution < 1.29 is 9.53 Å². The molecule has 0 spiro atoms. The van der Waals surface area contributed by atoms with Gasteiger partial charge < -0.3 is 10.1 Å². The Kier molecular flexibility index (Phi) is 3.44. The molecule has 1 aromatic carbocycles. The first kappa shape index (κ1) is 13.1. The Morgan fingerprint density at radius 2 is 2.11 bits per heavy atom. The summed E-state index contributed by atoms with van der Waals surface area (Å²) in [6.07, 6.45) is 0.969. The van der Waals surface area contributed by atoms with Gasteiger partial charge in [0.05, 0.1) is 5.56 Å². The van der Waals surface area contributed by atoms with Gasteiger partial charge in [-0.2, -0.15) is 0 Å². The Bertz CT molecular complexity index is 460. The van der Waals surface area contributed by atoms with Crippen molar-refractivity contribution in [2.75, 3.05) is 6.54 Å². The SMILES string of the molecule is CC1NCCc2cc(C(=O)OC(C)(C)C)ccc21. The van der Waals surface area contributed by atoms with E-state index >= 15 is 0 Å². The Balaban J connectivity index is 2.23. The first-order valence-electron chi connectivity index (χ1n) is 6.46. The fourth-order valence-corrected chi connectivity index (χ4v) is 2.24. The molecule has 0 fully saturated rings. The standard InChI is InChI=1S/C15H21NO2/c1-10-13-6-5-12(9-11(13)7-8-16-10)14(17)18-15(2,3)4/h5-6,9-10,16H,7-8H2,1-4H3. The highest BCUT2D eigenvalue weighted by Gasteiger charge is 2.21. The molecule has 0 aromatic heterocycles. The number of hydrogen-bond acceptors (Lipinski definition) is 3. The lowest BCUT2D eigenvalue weighted by Crippen LogP contribution is -2.28. The molecule has 1 atom stereocenters. The van der Waals surface area contributed by atoms with Crippen molar-refractivity contribution >= 4 is 5.97 Å². The Hall–Kier alpha value is -1.35. The van der Waals surface area contributed by atoms with E-state index < -0.39 is 5.60 Å². The highest BCUT2D eigenvalue weighted by atomic mass is 16.6. The molecule has 1 N–H and O–H groups in total. The van der Waals surface area contributed by atoms with E-state index in [1.165, 1.54) is 11.1 Å². The van der Waals surface area contributed by atoms with E-state index in [2.05, 4.69) is 12.2 Å². The Labute approximate surface area is 109 Å². The maximum atomic E-state index is 12.0. The summed E-state index contributed by atoms with van der Waals surface area (Å²) >= 11 is 0. The van der Waals surface area contributed by atoms with Gasteiger partial charge in [-0.05, 0) is 63.9 Å². The third-order valence-electron chi connectivity index (χ3n) is 3.09. The third-order valence-corrected chi connectivity index (χ3v) is 3.09. The van der Waals surface area contributed by atoms with Crippen LogP contribution in [-0.2, 0) is 11.2 Å². The van der Waals surface area contributed by atoms with Crippen molar-refractivity contribution in [3.63, 3.8) is 0 Å². The second-order valence-electron chi connectivity index (χ2n) is 5.84. The highest BCUT2D eigenvalue weighted by molar-refractivity contribution is 5.90. The highest BCUT2D eigenvalue weighted by Crippen LogP contribution is 2.24. The second-order valence-corrected chi connectivity index (χ2v) is 5.84. The molecule has 1 aromatic rings. The number of rotatable bonds is 1. The zero-order valence-electron chi connectivity index (χ0n) is 11.5. The Morgan fingerprint density at radius 3 is 2.78 bits per heavy atom. The normalized spacial score (nSPS) is 19.2. The molecule has 3 nitrogen and oxygen atoms in total. The number of hydrogen-bond donors (Lipinski definition) is 1. The van der Waals surface area contributed by atoms with Gasteiger partial charge in [-0.15, -0.1) is 0 Å². The molecule has 0 radical (unpaired) electrons. The van der Waals surface area contributed by atoms with Crippen LogP contribution in [0.2, 0.25) is 0 Å². The molecule has 0 bridgehead atoms. The van der Waals surface area contributed by atoms with Crippen molar-refractivity contribution in [1.29, 1.82) is 0 Å². The van der Waals surface area contributed by atoms with Gasteiger partial charge in [0.25, 0.3) is 0 Å². The van der Waals surface area contributed by atoms with Crippen LogP contribution in [-0.4, -0.2) is 18.1 Å². The maximum absolute atomic E-state index is 12.0. The quantitative estimate of drug-likeness (QED) is 0.775. The van der Waals surface area contributed by atoms with Gasteiger partial charge in [0.1, 0.15) is 5.60 Å². The molecule has 1 heterocycles. The monoisotopic (exact) mass is 247 g/mol. The number of carbonyl (C=O) groups excluding carboxylic acids is 1. The minimum atomic E-state index is -0.443. The zero-order chi connectivity index (χ0) is 13.3. The van der Waals surface area contributed by atoms with E-state index in [9.17, 15) is 4.79 Å². The third kappa shape index (κ3) is 2.91. The lowest BCUT2D eigenvalue weighted by Gasteiger charge is -2.25. The summed E-state index contributed by atoms with van der Waals surface area (Å²) < 4.78 is 5.39. The smallest absolute Gasteiger partial charge is 0.338 e. The minimum absolute atomic E-state index is 0.239. The summed E-state index contributed by atoms with van der Waals surface area (Å²) in [5, 5.41) is 3.41. The molecular formula is C15H21NO2. The molecule has 0 saturated carbocycles. The molecular weight excluding hydrogens is 226 g/mol. The van der Waals surface area contributed by atoms with Crippen molar-refractivity contribution in [2.45, 2.75) is 45.8 Å². The fraction of sp³-hybridized carbons (Fsp3) is 0.533. The van der Waals surface area contributed by atoms with Gasteiger partial charge in [0, 0.05) is 6.04 Å². The molecule has 0 saturated heterocycles. The number of benzene rings is 1. The van der Waals surface area contributed by atoms with Crippen molar-refractivity contribution in [1.82, 2.24) is 5.32 Å². The molecule has 0 amide bonds. The lowest BCUT2D eigenvalue weighted by atomic mass is 9.93. The number of nitrogens with one attached hydrogen (secondary N) is 1. The van der Waals surface area contributed by atoms with Gasteiger partial charge in [0.15, 0.2) is 0 Å². The van der Waals surface area contributed by atoms with E-state index in [0.29, 0.717) is 11.6 Å².